The lowest BCUT2D eigenvalue weighted by molar-refractivity contribution is -0.143. The molecule has 3 aromatic rings. The highest BCUT2D eigenvalue weighted by molar-refractivity contribution is 8.00. The maximum absolute atomic E-state index is 11.9. The molecule has 0 spiro atoms. The lowest BCUT2D eigenvalue weighted by atomic mass is 10.3. The third-order valence-corrected chi connectivity index (χ3v) is 6.03. The molecule has 0 aromatic carbocycles. The highest BCUT2D eigenvalue weighted by Gasteiger charge is 2.17. The molecule has 3 aromatic heterocycles. The summed E-state index contributed by atoms with van der Waals surface area (Å²) in [4.78, 5) is 28.8. The number of rotatable bonds is 7. The van der Waals surface area contributed by atoms with Gasteiger partial charge in [0, 0.05) is 0 Å². The van der Waals surface area contributed by atoms with Gasteiger partial charge in [-0.3, -0.25) is 9.59 Å². The van der Waals surface area contributed by atoms with Crippen molar-refractivity contribution >= 4 is 56.5 Å². The van der Waals surface area contributed by atoms with Gasteiger partial charge in [-0.05, 0) is 25.3 Å². The highest BCUT2D eigenvalue weighted by atomic mass is 32.2. The number of hydrogen-bond donors (Lipinski definition) is 1. The molecule has 0 aliphatic carbocycles. The number of esters is 1. The molecule has 0 fully saturated rings. The Morgan fingerprint density at radius 3 is 2.92 bits per heavy atom. The van der Waals surface area contributed by atoms with E-state index in [4.69, 9.17) is 4.74 Å². The highest BCUT2D eigenvalue weighted by Crippen LogP contribution is 2.36. The number of carbonyl (C=O) groups excluding carboxylic acids is 2. The molecule has 0 atom stereocenters. The van der Waals surface area contributed by atoms with Gasteiger partial charge in [-0.25, -0.2) is 4.98 Å². The van der Waals surface area contributed by atoms with Crippen molar-refractivity contribution in [2.45, 2.75) is 18.9 Å². The van der Waals surface area contributed by atoms with Crippen molar-refractivity contribution in [2.24, 2.45) is 0 Å². The third kappa shape index (κ3) is 4.37. The molecular weight excluding hydrogens is 392 g/mol. The van der Waals surface area contributed by atoms with Crippen molar-refractivity contribution in [1.82, 2.24) is 20.5 Å². The van der Waals surface area contributed by atoms with E-state index in [1.165, 1.54) is 11.8 Å². The number of amides is 1. The van der Waals surface area contributed by atoms with E-state index < -0.39 is 5.97 Å². The predicted molar refractivity (Wildman–Crippen MR) is 104 cm³/mol. The summed E-state index contributed by atoms with van der Waals surface area (Å²) in [5.74, 6) is -0.603. The molecule has 0 bridgehead atoms. The number of fused-ring (bicyclic) bond motifs is 1. The van der Waals surface area contributed by atoms with Crippen LogP contribution in [0.25, 0.3) is 20.8 Å². The summed E-state index contributed by atoms with van der Waals surface area (Å²) in [6.07, 6.45) is 0. The Bertz CT molecular complexity index is 924. The van der Waals surface area contributed by atoms with Crippen molar-refractivity contribution in [3.8, 4) is 10.6 Å². The molecule has 0 saturated carbocycles. The van der Waals surface area contributed by atoms with E-state index in [9.17, 15) is 9.59 Å². The monoisotopic (exact) mass is 408 g/mol. The Morgan fingerprint density at radius 2 is 2.19 bits per heavy atom. The number of nitrogens with zero attached hydrogens (tertiary/aromatic N) is 3. The van der Waals surface area contributed by atoms with Gasteiger partial charge >= 0.3 is 5.97 Å². The minimum Gasteiger partial charge on any atom is -0.465 e. The van der Waals surface area contributed by atoms with Crippen molar-refractivity contribution in [2.75, 3.05) is 18.9 Å². The van der Waals surface area contributed by atoms with E-state index in [0.717, 1.165) is 25.8 Å². The molecule has 10 heteroatoms. The van der Waals surface area contributed by atoms with Gasteiger partial charge in [0.05, 0.1) is 26.9 Å². The Balaban J connectivity index is 1.72. The number of carbonyl (C=O) groups is 2. The second kappa shape index (κ2) is 8.56. The Labute approximate surface area is 162 Å². The second-order valence-electron chi connectivity index (χ2n) is 5.11. The number of nitrogens with one attached hydrogen (secondary N) is 1. The molecule has 3 heterocycles. The first-order valence-corrected chi connectivity index (χ1v) is 10.5. The van der Waals surface area contributed by atoms with Crippen molar-refractivity contribution in [1.29, 1.82) is 0 Å². The number of aryl methyl sites for hydroxylation is 1. The zero-order valence-corrected chi connectivity index (χ0v) is 16.6. The number of thioether (sulfide) groups is 1. The Hall–Kier alpha value is -2.04. The molecule has 0 saturated heterocycles. The number of hydrogen-bond acceptors (Lipinski definition) is 9. The van der Waals surface area contributed by atoms with Crippen LogP contribution in [0.15, 0.2) is 22.5 Å². The van der Waals surface area contributed by atoms with Crippen molar-refractivity contribution in [3.05, 3.63) is 22.5 Å². The lowest BCUT2D eigenvalue weighted by Crippen LogP contribution is -2.31. The molecule has 0 radical (unpaired) electrons. The molecule has 136 valence electrons. The smallest absolute Gasteiger partial charge is 0.325 e. The first-order valence-electron chi connectivity index (χ1n) is 7.81. The van der Waals surface area contributed by atoms with Crippen LogP contribution in [0, 0.1) is 6.92 Å². The molecule has 3 rings (SSSR count). The summed E-state index contributed by atoms with van der Waals surface area (Å²) in [7, 11) is 0. The summed E-state index contributed by atoms with van der Waals surface area (Å²) < 4.78 is 5.74. The van der Waals surface area contributed by atoms with Gasteiger partial charge in [-0.2, -0.15) is 0 Å². The van der Waals surface area contributed by atoms with E-state index >= 15 is 0 Å². The average Bonchev–Trinajstić information content (AvgIpc) is 3.27. The fourth-order valence-corrected chi connectivity index (χ4v) is 4.68. The summed E-state index contributed by atoms with van der Waals surface area (Å²) in [6, 6.07) is 3.97. The Kier molecular flexibility index (Phi) is 6.17. The van der Waals surface area contributed by atoms with Gasteiger partial charge in [0.2, 0.25) is 5.91 Å². The van der Waals surface area contributed by atoms with E-state index in [-0.39, 0.29) is 24.8 Å². The predicted octanol–water partition coefficient (Wildman–Crippen LogP) is 2.89. The van der Waals surface area contributed by atoms with Crippen molar-refractivity contribution in [3.63, 3.8) is 0 Å². The Morgan fingerprint density at radius 1 is 1.35 bits per heavy atom. The number of ether oxygens (including phenoxy) is 1. The van der Waals surface area contributed by atoms with E-state index in [1.807, 2.05) is 24.4 Å². The fraction of sp³-hybridized carbons (Fsp3) is 0.312. The third-order valence-electron chi connectivity index (χ3n) is 3.22. The van der Waals surface area contributed by atoms with Gasteiger partial charge < -0.3 is 10.1 Å². The van der Waals surface area contributed by atoms with Crippen LogP contribution in [0.5, 0.6) is 0 Å². The van der Waals surface area contributed by atoms with Crippen molar-refractivity contribution < 1.29 is 14.3 Å². The number of thiophene rings is 1. The maximum atomic E-state index is 11.9. The quantitative estimate of drug-likeness (QED) is 0.474. The minimum absolute atomic E-state index is 0.123. The van der Waals surface area contributed by atoms with Crippen LogP contribution in [0.1, 0.15) is 11.9 Å². The van der Waals surface area contributed by atoms with Gasteiger partial charge in [0.15, 0.2) is 0 Å². The number of thiazole rings is 1. The van der Waals surface area contributed by atoms with Crippen LogP contribution >= 0.6 is 34.4 Å². The summed E-state index contributed by atoms with van der Waals surface area (Å²) >= 11 is 4.41. The van der Waals surface area contributed by atoms with Gasteiger partial charge in [-0.15, -0.1) is 32.9 Å². The largest absolute Gasteiger partial charge is 0.465 e. The zero-order valence-electron chi connectivity index (χ0n) is 14.1. The van der Waals surface area contributed by atoms with Crippen LogP contribution in [-0.2, 0) is 14.3 Å². The molecule has 0 aliphatic heterocycles. The molecule has 1 N–H and O–H groups in total. The first-order chi connectivity index (χ1) is 12.6. The fourth-order valence-electron chi connectivity index (χ4n) is 2.16. The maximum Gasteiger partial charge on any atom is 0.325 e. The molecule has 0 unspecified atom stereocenters. The van der Waals surface area contributed by atoms with E-state index in [2.05, 4.69) is 20.5 Å². The lowest BCUT2D eigenvalue weighted by Gasteiger charge is -2.05. The van der Waals surface area contributed by atoms with Crippen LogP contribution in [-0.4, -0.2) is 46.0 Å². The van der Waals surface area contributed by atoms with Crippen LogP contribution in [0.4, 0.5) is 0 Å². The van der Waals surface area contributed by atoms with Crippen LogP contribution < -0.4 is 5.32 Å². The van der Waals surface area contributed by atoms with Gasteiger partial charge in [-0.1, -0.05) is 17.8 Å². The van der Waals surface area contributed by atoms with Crippen LogP contribution in [0.2, 0.25) is 0 Å². The minimum atomic E-state index is -0.455. The summed E-state index contributed by atoms with van der Waals surface area (Å²) in [5, 5.41) is 14.7. The topological polar surface area (TPSA) is 94.1 Å². The summed E-state index contributed by atoms with van der Waals surface area (Å²) in [5.41, 5.74) is 1.57. The molecule has 0 aliphatic rings. The van der Waals surface area contributed by atoms with E-state index in [0.29, 0.717) is 5.03 Å². The molecule has 26 heavy (non-hydrogen) atoms. The van der Waals surface area contributed by atoms with E-state index in [1.54, 1.807) is 29.6 Å². The first kappa shape index (κ1) is 18.7. The SMILES string of the molecule is CCOC(=O)CNC(=O)CSc1nnc(-c2cccs2)c2sc(C)nc12. The van der Waals surface area contributed by atoms with Gasteiger partial charge in [0.1, 0.15) is 22.8 Å². The number of aromatic nitrogens is 3. The second-order valence-corrected chi connectivity index (χ2v) is 8.23. The molecule has 1 amide bonds. The molecular formula is C16H16N4O3S3. The molecule has 7 nitrogen and oxygen atoms in total. The average molecular weight is 409 g/mol. The summed E-state index contributed by atoms with van der Waals surface area (Å²) in [6.45, 7) is 3.80. The van der Waals surface area contributed by atoms with Crippen LogP contribution in [0.3, 0.4) is 0 Å². The van der Waals surface area contributed by atoms with Gasteiger partial charge in [0.25, 0.3) is 0 Å². The standard InChI is InChI=1S/C16H16N4O3S3/c1-3-23-12(22)7-17-11(21)8-25-16-14-15(26-9(2)18-14)13(19-20-16)10-5-4-6-24-10/h4-6H,3,7-8H2,1-2H3,(H,17,21). The normalized spacial score (nSPS) is 10.8. The zero-order chi connectivity index (χ0) is 18.5.